The van der Waals surface area contributed by atoms with E-state index in [-0.39, 0.29) is 5.97 Å². The second-order valence-corrected chi connectivity index (χ2v) is 3.93. The lowest BCUT2D eigenvalue weighted by Gasteiger charge is -1.93. The van der Waals surface area contributed by atoms with Gasteiger partial charge in [0.25, 0.3) is 0 Å². The van der Waals surface area contributed by atoms with E-state index >= 15 is 0 Å². The fourth-order valence-electron chi connectivity index (χ4n) is 1.07. The number of hydrogen-bond donors (Lipinski definition) is 3. The monoisotopic (exact) mass is 320 g/mol. The van der Waals surface area contributed by atoms with Crippen molar-refractivity contribution in [2.24, 2.45) is 0 Å². The van der Waals surface area contributed by atoms with Crippen LogP contribution in [0.5, 0.6) is 0 Å². The van der Waals surface area contributed by atoms with E-state index in [4.69, 9.17) is 11.1 Å². The van der Waals surface area contributed by atoms with Gasteiger partial charge in [-0.15, -0.1) is 0 Å². The zero-order valence-corrected chi connectivity index (χ0v) is 14.2. The number of carbonyl (C=O) groups excluding carboxylic acids is 1. The van der Waals surface area contributed by atoms with Crippen LogP contribution < -0.4 is 11.1 Å². The summed E-state index contributed by atoms with van der Waals surface area (Å²) < 4.78 is 4.55. The maximum atomic E-state index is 10.2. The van der Waals surface area contributed by atoms with Gasteiger partial charge in [-0.05, 0) is 38.3 Å². The van der Waals surface area contributed by atoms with Crippen molar-refractivity contribution in [3.8, 4) is 0 Å². The summed E-state index contributed by atoms with van der Waals surface area (Å²) in [6.45, 7) is 10.6. The normalized spacial score (nSPS) is 8.83. The van der Waals surface area contributed by atoms with E-state index in [1.54, 1.807) is 38.3 Å². The highest BCUT2D eigenvalue weighted by Gasteiger charge is 1.91. The van der Waals surface area contributed by atoms with Crippen LogP contribution in [0.1, 0.15) is 32.8 Å². The number of esters is 1. The van der Waals surface area contributed by atoms with Crippen molar-refractivity contribution < 1.29 is 9.53 Å². The number of hydrogen-bond acceptors (Lipinski definition) is 6. The van der Waals surface area contributed by atoms with Crippen molar-refractivity contribution in [2.45, 2.75) is 27.2 Å². The molecule has 0 amide bonds. The standard InChI is InChI=1S/C6H7N3.C6H11N.C5H10O2/c7-4-5-2-1-3-9-6(5)8;1-3-5-6-7-4-2;1-3-5(6)7-4-2/h1-4,7H,(H2,8,9);3,5-7H,1,4H2,2H3;3-4H2,1-2H3/b;6-5-;. The van der Waals surface area contributed by atoms with Gasteiger partial charge in [-0.3, -0.25) is 4.79 Å². The first-order valence-electron chi connectivity index (χ1n) is 7.44. The number of nitrogens with zero attached hydrogens (tertiary/aromatic N) is 1. The van der Waals surface area contributed by atoms with Crippen molar-refractivity contribution in [3.05, 3.63) is 48.8 Å². The Bertz CT molecular complexity index is 473. The molecule has 6 heteroatoms. The van der Waals surface area contributed by atoms with Gasteiger partial charge in [-0.1, -0.05) is 19.6 Å². The number of carbonyl (C=O) groups is 1. The Hall–Kier alpha value is -2.63. The molecule has 1 rings (SSSR count). The largest absolute Gasteiger partial charge is 0.466 e. The molecule has 0 aliphatic heterocycles. The van der Waals surface area contributed by atoms with Crippen molar-refractivity contribution in [1.82, 2.24) is 10.3 Å². The third-order valence-electron chi connectivity index (χ3n) is 2.18. The van der Waals surface area contributed by atoms with Crippen LogP contribution in [0.3, 0.4) is 0 Å². The number of aromatic nitrogens is 1. The lowest BCUT2D eigenvalue weighted by molar-refractivity contribution is -0.142. The number of nitrogens with one attached hydrogen (secondary N) is 2. The highest BCUT2D eigenvalue weighted by atomic mass is 16.5. The maximum absolute atomic E-state index is 10.2. The lowest BCUT2D eigenvalue weighted by atomic mass is 10.3. The van der Waals surface area contributed by atoms with Gasteiger partial charge in [0, 0.05) is 30.9 Å². The average molecular weight is 320 g/mol. The molecular formula is C17H28N4O2. The number of allylic oxidation sites excluding steroid dienone is 2. The quantitative estimate of drug-likeness (QED) is 0.425. The summed E-state index contributed by atoms with van der Waals surface area (Å²) in [6, 6.07) is 3.49. The average Bonchev–Trinajstić information content (AvgIpc) is 2.57. The number of anilines is 1. The van der Waals surface area contributed by atoms with E-state index in [9.17, 15) is 4.79 Å². The molecule has 0 fully saturated rings. The second kappa shape index (κ2) is 17.4. The summed E-state index contributed by atoms with van der Waals surface area (Å²) in [7, 11) is 0. The highest BCUT2D eigenvalue weighted by molar-refractivity contribution is 5.82. The molecule has 1 heterocycles. The van der Waals surface area contributed by atoms with Gasteiger partial charge < -0.3 is 21.2 Å². The summed E-state index contributed by atoms with van der Waals surface area (Å²) in [5.41, 5.74) is 6.03. The Labute approximate surface area is 139 Å². The maximum Gasteiger partial charge on any atom is 0.305 e. The number of rotatable bonds is 6. The van der Waals surface area contributed by atoms with Crippen LogP contribution in [0.2, 0.25) is 0 Å². The third kappa shape index (κ3) is 15.6. The highest BCUT2D eigenvalue weighted by Crippen LogP contribution is 2.01. The lowest BCUT2D eigenvalue weighted by Crippen LogP contribution is -2.00. The predicted molar refractivity (Wildman–Crippen MR) is 96.5 cm³/mol. The number of ether oxygens (including phenoxy) is 1. The zero-order chi connectivity index (χ0) is 17.9. The fraction of sp³-hybridized carbons (Fsp3) is 0.353. The molecule has 0 saturated heterocycles. The fourth-order valence-corrected chi connectivity index (χ4v) is 1.07. The molecule has 0 aliphatic rings. The molecule has 0 atom stereocenters. The van der Waals surface area contributed by atoms with Crippen molar-refractivity contribution in [2.75, 3.05) is 18.9 Å². The van der Waals surface area contributed by atoms with Crippen molar-refractivity contribution in [3.63, 3.8) is 0 Å². The van der Waals surface area contributed by atoms with E-state index < -0.39 is 0 Å². The molecule has 128 valence electrons. The van der Waals surface area contributed by atoms with Crippen LogP contribution in [0.15, 0.2) is 43.3 Å². The van der Waals surface area contributed by atoms with Gasteiger partial charge in [0.1, 0.15) is 5.82 Å². The van der Waals surface area contributed by atoms with Crippen molar-refractivity contribution in [1.29, 1.82) is 5.41 Å². The summed E-state index contributed by atoms with van der Waals surface area (Å²) >= 11 is 0. The molecule has 23 heavy (non-hydrogen) atoms. The Balaban J connectivity index is 0. The van der Waals surface area contributed by atoms with Crippen LogP contribution in [0.25, 0.3) is 0 Å². The topological polar surface area (TPSA) is 101 Å². The summed E-state index contributed by atoms with van der Waals surface area (Å²) in [6.07, 6.45) is 8.73. The van der Waals surface area contributed by atoms with Crippen LogP contribution >= 0.6 is 0 Å². The van der Waals surface area contributed by atoms with Gasteiger partial charge in [-0.2, -0.15) is 0 Å². The molecule has 0 aliphatic carbocycles. The van der Waals surface area contributed by atoms with Crippen LogP contribution in [-0.2, 0) is 9.53 Å². The Kier molecular flexibility index (Phi) is 17.2. The first kappa shape index (κ1) is 22.6. The SMILES string of the molecule is C=C/C=C\NCC.CCOC(=O)CC.N=Cc1cccnc1N. The van der Waals surface area contributed by atoms with Gasteiger partial charge in [0.15, 0.2) is 0 Å². The molecule has 0 saturated carbocycles. The summed E-state index contributed by atoms with van der Waals surface area (Å²) in [4.78, 5) is 14.0. The van der Waals surface area contributed by atoms with Crippen LogP contribution in [0, 0.1) is 5.41 Å². The van der Waals surface area contributed by atoms with Gasteiger partial charge in [-0.25, -0.2) is 4.98 Å². The molecule has 4 N–H and O–H groups in total. The molecule has 0 spiro atoms. The minimum atomic E-state index is -0.123. The van der Waals surface area contributed by atoms with Gasteiger partial charge >= 0.3 is 5.97 Å². The molecule has 1 aromatic heterocycles. The molecule has 0 unspecified atom stereocenters. The molecule has 1 aromatic rings. The molecule has 0 radical (unpaired) electrons. The van der Waals surface area contributed by atoms with Crippen molar-refractivity contribution >= 4 is 18.0 Å². The van der Waals surface area contributed by atoms with E-state index in [0.717, 1.165) is 6.54 Å². The first-order chi connectivity index (χ1) is 11.1. The van der Waals surface area contributed by atoms with Gasteiger partial charge in [0.05, 0.1) is 6.61 Å². The Morgan fingerprint density at radius 1 is 1.48 bits per heavy atom. The smallest absolute Gasteiger partial charge is 0.305 e. The van der Waals surface area contributed by atoms with Gasteiger partial charge in [0.2, 0.25) is 0 Å². The van der Waals surface area contributed by atoms with E-state index in [1.807, 2.05) is 19.2 Å². The Morgan fingerprint density at radius 3 is 2.52 bits per heavy atom. The number of pyridine rings is 1. The molecular weight excluding hydrogens is 292 g/mol. The minimum absolute atomic E-state index is 0.123. The third-order valence-corrected chi connectivity index (χ3v) is 2.18. The van der Waals surface area contributed by atoms with E-state index in [1.165, 1.54) is 6.21 Å². The van der Waals surface area contributed by atoms with Crippen LogP contribution in [0.4, 0.5) is 5.82 Å². The minimum Gasteiger partial charge on any atom is -0.466 e. The second-order valence-electron chi connectivity index (χ2n) is 3.93. The zero-order valence-electron chi connectivity index (χ0n) is 14.2. The predicted octanol–water partition coefficient (Wildman–Crippen LogP) is 2.92. The Morgan fingerprint density at radius 2 is 2.17 bits per heavy atom. The summed E-state index contributed by atoms with van der Waals surface area (Å²) in [5.74, 6) is 0.287. The number of nitrogens with two attached hydrogens (primary N) is 1. The van der Waals surface area contributed by atoms with E-state index in [0.29, 0.717) is 24.4 Å². The first-order valence-corrected chi connectivity index (χ1v) is 7.44. The van der Waals surface area contributed by atoms with Crippen LogP contribution in [-0.4, -0.2) is 30.3 Å². The molecule has 6 nitrogen and oxygen atoms in total. The van der Waals surface area contributed by atoms with E-state index in [2.05, 4.69) is 21.6 Å². The molecule has 0 aromatic carbocycles. The molecule has 0 bridgehead atoms. The summed E-state index contributed by atoms with van der Waals surface area (Å²) in [5, 5.41) is 9.84. The number of nitrogen functional groups attached to an aromatic ring is 1.